The van der Waals surface area contributed by atoms with Gasteiger partial charge >= 0.3 is 0 Å². The van der Waals surface area contributed by atoms with Gasteiger partial charge in [-0.1, -0.05) is 40.5 Å². The minimum atomic E-state index is 0.913. The van der Waals surface area contributed by atoms with Crippen molar-refractivity contribution in [3.63, 3.8) is 0 Å². The smallest absolute Gasteiger partial charge is 0.0120 e. The minimum absolute atomic E-state index is 0.913. The van der Waals surface area contributed by atoms with Crippen LogP contribution in [0.5, 0.6) is 0 Å². The molecule has 0 unspecified atom stereocenters. The Kier molecular flexibility index (Phi) is 11.9. The van der Waals surface area contributed by atoms with E-state index in [9.17, 15) is 0 Å². The Labute approximate surface area is 116 Å². The second-order valence-corrected chi connectivity index (χ2v) is 5.34. The van der Waals surface area contributed by atoms with Gasteiger partial charge in [0, 0.05) is 6.04 Å². The van der Waals surface area contributed by atoms with Gasteiger partial charge in [-0.05, 0) is 58.9 Å². The van der Waals surface area contributed by atoms with Crippen LogP contribution in [-0.4, -0.2) is 49.1 Å². The van der Waals surface area contributed by atoms with Crippen LogP contribution in [0.1, 0.15) is 66.2 Å². The van der Waals surface area contributed by atoms with Gasteiger partial charge in [-0.2, -0.15) is 0 Å². The van der Waals surface area contributed by atoms with Crippen molar-refractivity contribution in [2.75, 3.05) is 33.2 Å². The average molecular weight is 256 g/mol. The summed E-state index contributed by atoms with van der Waals surface area (Å²) in [5, 5.41) is 0. The topological polar surface area (TPSA) is 6.48 Å². The fraction of sp³-hybridized carbons (Fsp3) is 1.00. The molecule has 2 heterocycles. The summed E-state index contributed by atoms with van der Waals surface area (Å²) >= 11 is 0. The highest BCUT2D eigenvalue weighted by molar-refractivity contribution is 4.80. The van der Waals surface area contributed by atoms with Gasteiger partial charge in [0.1, 0.15) is 0 Å². The first-order chi connectivity index (χ1) is 8.77. The summed E-state index contributed by atoms with van der Waals surface area (Å²) in [4.78, 5) is 5.19. The highest BCUT2D eigenvalue weighted by Gasteiger charge is 2.23. The molecule has 0 atom stereocenters. The van der Waals surface area contributed by atoms with Crippen LogP contribution >= 0.6 is 0 Å². The van der Waals surface area contributed by atoms with Crippen molar-refractivity contribution in [1.82, 2.24) is 9.80 Å². The van der Waals surface area contributed by atoms with Crippen molar-refractivity contribution in [3.05, 3.63) is 0 Å². The van der Waals surface area contributed by atoms with E-state index in [-0.39, 0.29) is 0 Å². The van der Waals surface area contributed by atoms with Gasteiger partial charge in [-0.3, -0.25) is 0 Å². The normalized spacial score (nSPS) is 22.5. The van der Waals surface area contributed by atoms with Gasteiger partial charge in [0.25, 0.3) is 0 Å². The van der Waals surface area contributed by atoms with Crippen molar-refractivity contribution in [2.24, 2.45) is 0 Å². The summed E-state index contributed by atoms with van der Waals surface area (Å²) < 4.78 is 0. The number of hydrogen-bond acceptors (Lipinski definition) is 2. The molecule has 110 valence electrons. The van der Waals surface area contributed by atoms with Gasteiger partial charge in [0.15, 0.2) is 0 Å². The molecule has 2 heteroatoms. The van der Waals surface area contributed by atoms with Crippen molar-refractivity contribution in [1.29, 1.82) is 0 Å². The predicted molar refractivity (Wildman–Crippen MR) is 83.3 cm³/mol. The molecule has 18 heavy (non-hydrogen) atoms. The van der Waals surface area contributed by atoms with Crippen LogP contribution in [0.15, 0.2) is 0 Å². The van der Waals surface area contributed by atoms with Crippen molar-refractivity contribution >= 4 is 0 Å². The molecule has 0 aromatic heterocycles. The Balaban J connectivity index is 0.000000509. The first-order valence-corrected chi connectivity index (χ1v) is 8.20. The molecule has 0 amide bonds. The monoisotopic (exact) mass is 256 g/mol. The zero-order chi connectivity index (χ0) is 13.8. The average Bonchev–Trinajstić information content (AvgIpc) is 2.44. The van der Waals surface area contributed by atoms with Gasteiger partial charge in [-0.25, -0.2) is 0 Å². The highest BCUT2D eigenvalue weighted by atomic mass is 15.2. The third-order valence-electron chi connectivity index (χ3n) is 3.60. The van der Waals surface area contributed by atoms with E-state index in [1.54, 1.807) is 0 Å². The van der Waals surface area contributed by atoms with Gasteiger partial charge in [0.2, 0.25) is 0 Å². The molecule has 2 rings (SSSR count). The fourth-order valence-electron chi connectivity index (χ4n) is 2.64. The van der Waals surface area contributed by atoms with Crippen LogP contribution in [0.25, 0.3) is 0 Å². The maximum absolute atomic E-state index is 2.73. The Morgan fingerprint density at radius 2 is 1.28 bits per heavy atom. The standard InChI is InChI=1S/C11H22N2.C3H8.C2H6/c1-12-9-5-11(6-10-12)13-7-3-2-4-8-13;1-3-2;1-2/h11H,2-10H2,1H3;3H2,1-2H3;1-2H3. The summed E-state index contributed by atoms with van der Waals surface area (Å²) in [6.07, 6.45) is 8.38. The van der Waals surface area contributed by atoms with Crippen LogP contribution in [-0.2, 0) is 0 Å². The van der Waals surface area contributed by atoms with E-state index < -0.39 is 0 Å². The van der Waals surface area contributed by atoms with E-state index >= 15 is 0 Å². The lowest BCUT2D eigenvalue weighted by molar-refractivity contribution is 0.103. The molecule has 0 spiro atoms. The molecule has 2 aliphatic rings. The first kappa shape index (κ1) is 17.9. The van der Waals surface area contributed by atoms with E-state index in [0.717, 1.165) is 6.04 Å². The highest BCUT2D eigenvalue weighted by Crippen LogP contribution is 2.19. The third-order valence-corrected chi connectivity index (χ3v) is 3.60. The number of nitrogens with zero attached hydrogens (tertiary/aromatic N) is 2. The molecule has 0 aromatic carbocycles. The molecule has 2 saturated heterocycles. The fourth-order valence-corrected chi connectivity index (χ4v) is 2.64. The van der Waals surface area contributed by atoms with Crippen LogP contribution in [0, 0.1) is 0 Å². The van der Waals surface area contributed by atoms with E-state index in [4.69, 9.17) is 0 Å². The summed E-state index contributed by atoms with van der Waals surface area (Å²) in [7, 11) is 2.24. The molecule has 0 N–H and O–H groups in total. The van der Waals surface area contributed by atoms with Gasteiger partial charge in [-0.15, -0.1) is 0 Å². The predicted octanol–water partition coefficient (Wildman–Crippen LogP) is 4.01. The second-order valence-electron chi connectivity index (χ2n) is 5.34. The molecule has 0 aromatic rings. The van der Waals surface area contributed by atoms with Crippen molar-refractivity contribution in [2.45, 2.75) is 72.3 Å². The lowest BCUT2D eigenvalue weighted by Crippen LogP contribution is -2.45. The third kappa shape index (κ3) is 7.38. The van der Waals surface area contributed by atoms with E-state index in [1.807, 2.05) is 13.8 Å². The molecular formula is C16H36N2. The second kappa shape index (κ2) is 12.0. The molecule has 2 fully saturated rings. The number of hydrogen-bond donors (Lipinski definition) is 0. The maximum atomic E-state index is 2.73. The summed E-state index contributed by atoms with van der Waals surface area (Å²) in [6, 6.07) is 0.913. The molecule has 0 aliphatic carbocycles. The molecule has 2 nitrogen and oxygen atoms in total. The van der Waals surface area contributed by atoms with Crippen LogP contribution < -0.4 is 0 Å². The van der Waals surface area contributed by atoms with E-state index in [2.05, 4.69) is 30.7 Å². The lowest BCUT2D eigenvalue weighted by Gasteiger charge is -2.39. The van der Waals surface area contributed by atoms with Crippen molar-refractivity contribution < 1.29 is 0 Å². The number of likely N-dealkylation sites (tertiary alicyclic amines) is 2. The molecule has 0 bridgehead atoms. The van der Waals surface area contributed by atoms with E-state index in [1.165, 1.54) is 64.7 Å². The summed E-state index contributed by atoms with van der Waals surface area (Å²) in [6.45, 7) is 13.6. The number of rotatable bonds is 1. The van der Waals surface area contributed by atoms with E-state index in [0.29, 0.717) is 0 Å². The molecule has 0 saturated carbocycles. The Bertz CT molecular complexity index is 156. The Morgan fingerprint density at radius 1 is 0.833 bits per heavy atom. The zero-order valence-corrected chi connectivity index (χ0v) is 13.5. The van der Waals surface area contributed by atoms with Gasteiger partial charge < -0.3 is 9.80 Å². The summed E-state index contributed by atoms with van der Waals surface area (Å²) in [5.41, 5.74) is 0. The zero-order valence-electron chi connectivity index (χ0n) is 13.5. The van der Waals surface area contributed by atoms with Crippen LogP contribution in [0.2, 0.25) is 0 Å². The minimum Gasteiger partial charge on any atom is -0.306 e. The molecule has 2 aliphatic heterocycles. The summed E-state index contributed by atoms with van der Waals surface area (Å²) in [5.74, 6) is 0. The van der Waals surface area contributed by atoms with Crippen LogP contribution in [0.3, 0.4) is 0 Å². The Morgan fingerprint density at radius 3 is 1.72 bits per heavy atom. The largest absolute Gasteiger partial charge is 0.306 e. The molecule has 0 radical (unpaired) electrons. The van der Waals surface area contributed by atoms with Gasteiger partial charge in [0.05, 0.1) is 0 Å². The number of piperidine rings is 2. The molecular weight excluding hydrogens is 220 g/mol. The first-order valence-electron chi connectivity index (χ1n) is 8.20. The van der Waals surface area contributed by atoms with Crippen molar-refractivity contribution in [3.8, 4) is 0 Å². The van der Waals surface area contributed by atoms with Crippen LogP contribution in [0.4, 0.5) is 0 Å². The quantitative estimate of drug-likeness (QED) is 0.699. The maximum Gasteiger partial charge on any atom is 0.0120 e. The Hall–Kier alpha value is -0.0800. The SMILES string of the molecule is CC.CCC.CN1CCC(N2CCCCC2)CC1. The lowest BCUT2D eigenvalue weighted by atomic mass is 10.0.